The average Bonchev–Trinajstić information content (AvgIpc) is 1.62. The molecule has 8 N–H and O–H groups in total. The number of anilines is 2. The SMILES string of the molecule is CCn1nc(C)cc1C(=O)Nc1nc2cc(C(=O)NCCOCCOCCOCCOCCC(=O)NC(C(=O)N3CC(O)CC3C(=O)NCc3ccc(-c4scnc4C)cc3)C(C)(C)C)cc(OC)c2n1CC=CCn1c(NC(=O)c2cc(C)nn2CC)nc2cc(C(N)=O)cc(OCCCN3CCOCC3)c21. The number of nitrogens with one attached hydrogen (secondary N) is 5. The Morgan fingerprint density at radius 3 is 1.83 bits per heavy atom. The number of methoxy groups -OCH3 is 1. The van der Waals surface area contributed by atoms with Crippen LogP contribution in [0, 0.1) is 26.2 Å². The minimum absolute atomic E-state index is 0.0223. The normalized spacial score (nSPS) is 15.1. The summed E-state index contributed by atoms with van der Waals surface area (Å²) in [4.78, 5) is 114. The number of benzene rings is 3. The van der Waals surface area contributed by atoms with Gasteiger partial charge in [-0.2, -0.15) is 10.2 Å². The van der Waals surface area contributed by atoms with Crippen molar-refractivity contribution >= 4 is 86.7 Å². The fourth-order valence-electron chi connectivity index (χ4n) is 12.7. The van der Waals surface area contributed by atoms with Crippen molar-refractivity contribution in [2.24, 2.45) is 11.1 Å². The monoisotopic (exact) mass is 1510 g/mol. The minimum Gasteiger partial charge on any atom is -0.494 e. The maximum Gasteiger partial charge on any atom is 0.276 e. The summed E-state index contributed by atoms with van der Waals surface area (Å²) < 4.78 is 47.4. The second kappa shape index (κ2) is 38.2. The number of allylic oxidation sites excluding steroid dienone is 2. The zero-order chi connectivity index (χ0) is 77.0. The van der Waals surface area contributed by atoms with Crippen molar-refractivity contribution in [2.75, 3.05) is 123 Å². The van der Waals surface area contributed by atoms with Crippen molar-refractivity contribution < 1.29 is 71.8 Å². The Kier molecular flexibility index (Phi) is 28.5. The van der Waals surface area contributed by atoms with Crippen LogP contribution in [0.1, 0.15) is 118 Å². The molecule has 2 saturated heterocycles. The van der Waals surface area contributed by atoms with Crippen LogP contribution < -0.4 is 41.8 Å². The number of carbonyl (C=O) groups excluding carboxylic acids is 7. The highest BCUT2D eigenvalue weighted by Gasteiger charge is 2.44. The van der Waals surface area contributed by atoms with Gasteiger partial charge in [-0.15, -0.1) is 11.3 Å². The number of carbonyl (C=O) groups is 7. The molecule has 7 heterocycles. The number of rotatable bonds is 39. The number of thiazole rings is 1. The first-order valence-corrected chi connectivity index (χ1v) is 37.3. The quantitative estimate of drug-likeness (QED) is 0.0176. The van der Waals surface area contributed by atoms with E-state index in [1.54, 1.807) is 85.6 Å². The number of fused-ring (bicyclic) bond motifs is 2. The number of aliphatic hydroxyl groups excluding tert-OH is 1. The number of primary amides is 1. The van der Waals surface area contributed by atoms with Crippen molar-refractivity contribution in [2.45, 2.75) is 126 Å². The van der Waals surface area contributed by atoms with Gasteiger partial charge in [-0.05, 0) is 94.0 Å². The lowest BCUT2D eigenvalue weighted by Gasteiger charge is -2.35. The van der Waals surface area contributed by atoms with Crippen LogP contribution in [0.15, 0.2) is 78.3 Å². The number of ether oxygens (including phenoxy) is 7. The molecule has 2 fully saturated rings. The van der Waals surface area contributed by atoms with Gasteiger partial charge in [-0.3, -0.25) is 58.5 Å². The molecule has 108 heavy (non-hydrogen) atoms. The summed E-state index contributed by atoms with van der Waals surface area (Å²) in [7, 11) is 1.47. The van der Waals surface area contributed by atoms with E-state index in [9.17, 15) is 38.7 Å². The highest BCUT2D eigenvalue weighted by Crippen LogP contribution is 2.35. The van der Waals surface area contributed by atoms with Crippen LogP contribution in [0.2, 0.25) is 0 Å². The van der Waals surface area contributed by atoms with Crippen molar-refractivity contribution in [3.63, 3.8) is 0 Å². The van der Waals surface area contributed by atoms with Crippen LogP contribution in [-0.2, 0) is 70.8 Å². The Labute approximate surface area is 630 Å². The van der Waals surface area contributed by atoms with Crippen LogP contribution in [0.4, 0.5) is 11.9 Å². The van der Waals surface area contributed by atoms with E-state index in [1.165, 1.54) is 12.0 Å². The average molecular weight is 1510 g/mol. The Morgan fingerprint density at radius 1 is 0.713 bits per heavy atom. The molecule has 0 aliphatic carbocycles. The molecule has 580 valence electrons. The van der Waals surface area contributed by atoms with Crippen molar-refractivity contribution in [1.82, 2.24) is 69.4 Å². The summed E-state index contributed by atoms with van der Waals surface area (Å²) in [6.45, 7) is 22.1. The van der Waals surface area contributed by atoms with E-state index in [-0.39, 0.29) is 127 Å². The molecule has 2 aliphatic rings. The van der Waals surface area contributed by atoms with Gasteiger partial charge in [0.1, 0.15) is 46.0 Å². The molecule has 7 amide bonds. The third-order valence-corrected chi connectivity index (χ3v) is 19.2. The van der Waals surface area contributed by atoms with Crippen molar-refractivity contribution in [3.8, 4) is 21.9 Å². The Morgan fingerprint density at radius 2 is 1.28 bits per heavy atom. The second-order valence-electron chi connectivity index (χ2n) is 27.3. The number of morpholine rings is 1. The highest BCUT2D eigenvalue weighted by atomic mass is 32.1. The summed E-state index contributed by atoms with van der Waals surface area (Å²) in [5, 5.41) is 34.2. The van der Waals surface area contributed by atoms with Gasteiger partial charge in [0.15, 0.2) is 0 Å². The van der Waals surface area contributed by atoms with Crippen LogP contribution in [-0.4, -0.2) is 231 Å². The van der Waals surface area contributed by atoms with Gasteiger partial charge in [0.05, 0.1) is 124 Å². The van der Waals surface area contributed by atoms with Crippen molar-refractivity contribution in [3.05, 3.63) is 123 Å². The summed E-state index contributed by atoms with van der Waals surface area (Å²) in [5.74, 6) is -2.31. The zero-order valence-corrected chi connectivity index (χ0v) is 63.6. The number of β-amino-alcohol motifs (C(OH)–C–C–N with tert-alkyl or cyclic N) is 1. The van der Waals surface area contributed by atoms with Crippen LogP contribution in [0.25, 0.3) is 32.5 Å². The van der Waals surface area contributed by atoms with Crippen LogP contribution in [0.3, 0.4) is 0 Å². The topological polar surface area (TPSA) is 381 Å². The van der Waals surface area contributed by atoms with Gasteiger partial charge in [-0.25, -0.2) is 15.0 Å². The molecule has 0 saturated carbocycles. The lowest BCUT2D eigenvalue weighted by molar-refractivity contribution is -0.144. The fourth-order valence-corrected chi connectivity index (χ4v) is 13.6. The number of nitrogens with zero attached hydrogens (tertiary/aromatic N) is 11. The minimum atomic E-state index is -0.974. The molecule has 32 nitrogen and oxygen atoms in total. The Hall–Kier alpha value is -10.0. The fraction of sp³-hybridized carbons (Fsp3) is 0.493. The van der Waals surface area contributed by atoms with Crippen molar-refractivity contribution in [1.29, 1.82) is 0 Å². The number of imidazole rings is 2. The van der Waals surface area contributed by atoms with Crippen LogP contribution in [0.5, 0.6) is 11.5 Å². The Balaban J connectivity index is 0.686. The number of hydrogen-bond donors (Lipinski definition) is 7. The molecule has 33 heteroatoms. The first-order chi connectivity index (χ1) is 52.0. The smallest absolute Gasteiger partial charge is 0.276 e. The lowest BCUT2D eigenvalue weighted by atomic mass is 9.85. The molecular weight excluding hydrogens is 1410 g/mol. The van der Waals surface area contributed by atoms with E-state index in [0.29, 0.717) is 95.7 Å². The number of aromatic nitrogens is 9. The zero-order valence-electron chi connectivity index (χ0n) is 62.8. The molecule has 10 rings (SSSR count). The van der Waals surface area contributed by atoms with E-state index in [4.69, 9.17) is 48.9 Å². The summed E-state index contributed by atoms with van der Waals surface area (Å²) in [6.07, 6.45) is 3.54. The summed E-state index contributed by atoms with van der Waals surface area (Å²) >= 11 is 1.56. The molecule has 3 unspecified atom stereocenters. The van der Waals surface area contributed by atoms with Gasteiger partial charge < -0.3 is 74.0 Å². The number of hydrogen-bond acceptors (Lipinski definition) is 22. The predicted molar refractivity (Wildman–Crippen MR) is 404 cm³/mol. The van der Waals surface area contributed by atoms with Gasteiger partial charge in [-0.1, -0.05) is 57.2 Å². The second-order valence-corrected chi connectivity index (χ2v) is 28.1. The predicted octanol–water partition coefficient (Wildman–Crippen LogP) is 5.83. The number of amides is 7. The van der Waals surface area contributed by atoms with Gasteiger partial charge in [0.2, 0.25) is 35.5 Å². The molecule has 0 bridgehead atoms. The molecule has 8 aromatic rings. The Bertz CT molecular complexity index is 4470. The maximum atomic E-state index is 14.1. The van der Waals surface area contributed by atoms with Gasteiger partial charge >= 0.3 is 0 Å². The molecular formula is C75H99N17O15S. The molecule has 5 aromatic heterocycles. The molecule has 3 atom stereocenters. The van der Waals surface area contributed by atoms with E-state index in [1.807, 2.05) is 78.0 Å². The number of aliphatic hydroxyl groups is 1. The summed E-state index contributed by atoms with van der Waals surface area (Å²) in [5.41, 5.74) is 13.9. The lowest BCUT2D eigenvalue weighted by Crippen LogP contribution is -2.57. The number of nitrogens with two attached hydrogens (primary N) is 1. The largest absolute Gasteiger partial charge is 0.494 e. The maximum absolute atomic E-state index is 14.1. The first-order valence-electron chi connectivity index (χ1n) is 36.4. The van der Waals surface area contributed by atoms with E-state index < -0.39 is 59.0 Å². The first kappa shape index (κ1) is 80.5. The highest BCUT2D eigenvalue weighted by molar-refractivity contribution is 7.13. The molecule has 3 aromatic carbocycles. The van der Waals surface area contributed by atoms with Gasteiger partial charge in [0, 0.05) is 89.4 Å². The van der Waals surface area contributed by atoms with Crippen LogP contribution >= 0.6 is 11.3 Å². The number of likely N-dealkylation sites (tertiary alicyclic amines) is 1. The summed E-state index contributed by atoms with van der Waals surface area (Å²) in [6, 6.07) is 15.7. The van der Waals surface area contributed by atoms with E-state index in [0.717, 1.165) is 41.3 Å². The number of aryl methyl sites for hydroxylation is 5. The molecule has 0 radical (unpaired) electrons. The van der Waals surface area contributed by atoms with Gasteiger partial charge in [0.25, 0.3) is 17.7 Å². The third-order valence-electron chi connectivity index (χ3n) is 18.3. The molecule has 2 aliphatic heterocycles. The standard InChI is InChI=1S/C75H99N17O15S/c1-10-91-58(37-47(3)85-91)70(98)83-73-81-56-40-53(42-60(101-9)63(56)88(73)22-12-13-23-89-64-55(80-74(89)84-71(99)59-38-48(4)86-92(59)11-2)39-52(67(76)95)41-61(64)107-26-14-21-87-24-29-104-30-25-87)68(96)77-20-28-103-32-34-106-36-35-105-33-31-102-27-19-62(94)82-66(75(6,7)8)72(100)90-45-54(93)43-57(90)69(97)78-44-50-15-17-51(18-16-50)65-49(5)79-46-108-65/h12-13,15-18,37-42,46,54,57,66,93H,10-11,14,19-36,43-45H2,1-9H3,(H2,76,95)(H,77,96)(H,78,97)(H,82,94)(H,80,84,99)(H,81,83,98). The van der Waals surface area contributed by atoms with E-state index in [2.05, 4.69) is 46.7 Å². The molecule has 0 spiro atoms. The van der Waals surface area contributed by atoms with E-state index >= 15 is 0 Å². The third kappa shape index (κ3) is 21.0.